The molecule has 0 saturated heterocycles. The highest BCUT2D eigenvalue weighted by Gasteiger charge is 2.10. The van der Waals surface area contributed by atoms with E-state index in [0.29, 0.717) is 34.0 Å². The standard InChI is InChI=1S/C14H12N6O/c1-20-14-10(7-17-20)13(16)18-12(19-14)8-21-11-5-3-2-4-9(11)6-15/h2-5,7H,8H2,1H3,(H2,16,18,19). The first-order chi connectivity index (χ1) is 10.2. The maximum atomic E-state index is 9.02. The number of rotatable bonds is 3. The van der Waals surface area contributed by atoms with Crippen LogP contribution < -0.4 is 10.5 Å². The normalized spacial score (nSPS) is 10.5. The van der Waals surface area contributed by atoms with E-state index in [9.17, 15) is 0 Å². The number of anilines is 1. The number of nitriles is 1. The van der Waals surface area contributed by atoms with Gasteiger partial charge in [0.05, 0.1) is 17.1 Å². The Morgan fingerprint density at radius 1 is 1.33 bits per heavy atom. The minimum Gasteiger partial charge on any atom is -0.484 e. The van der Waals surface area contributed by atoms with Gasteiger partial charge in [0.2, 0.25) is 0 Å². The predicted molar refractivity (Wildman–Crippen MR) is 76.2 cm³/mol. The van der Waals surface area contributed by atoms with Crippen molar-refractivity contribution in [3.05, 3.63) is 41.9 Å². The molecule has 0 spiro atoms. The zero-order valence-corrected chi connectivity index (χ0v) is 11.3. The lowest BCUT2D eigenvalue weighted by Crippen LogP contribution is -2.06. The van der Waals surface area contributed by atoms with Crippen LogP contribution in [-0.4, -0.2) is 19.7 Å². The van der Waals surface area contributed by atoms with Gasteiger partial charge in [-0.3, -0.25) is 4.68 Å². The van der Waals surface area contributed by atoms with E-state index in [2.05, 4.69) is 21.1 Å². The van der Waals surface area contributed by atoms with Crippen molar-refractivity contribution in [2.24, 2.45) is 7.05 Å². The van der Waals surface area contributed by atoms with E-state index in [-0.39, 0.29) is 6.61 Å². The molecule has 0 bridgehead atoms. The second-order valence-corrected chi connectivity index (χ2v) is 4.43. The molecule has 2 N–H and O–H groups in total. The summed E-state index contributed by atoms with van der Waals surface area (Å²) in [7, 11) is 1.78. The molecule has 0 aliphatic carbocycles. The van der Waals surface area contributed by atoms with Gasteiger partial charge in [-0.05, 0) is 12.1 Å². The minimum atomic E-state index is 0.129. The first kappa shape index (κ1) is 12.9. The molecule has 0 radical (unpaired) electrons. The number of nitrogen functional groups attached to an aromatic ring is 1. The number of para-hydroxylation sites is 1. The van der Waals surface area contributed by atoms with Crippen LogP contribution in [0.2, 0.25) is 0 Å². The summed E-state index contributed by atoms with van der Waals surface area (Å²) >= 11 is 0. The molecule has 7 nitrogen and oxygen atoms in total. The monoisotopic (exact) mass is 280 g/mol. The van der Waals surface area contributed by atoms with Crippen LogP contribution in [0, 0.1) is 11.3 Å². The first-order valence-corrected chi connectivity index (χ1v) is 6.25. The number of ether oxygens (including phenoxy) is 1. The summed E-state index contributed by atoms with van der Waals surface area (Å²) in [6.45, 7) is 0.129. The molecule has 7 heteroatoms. The molecule has 0 unspecified atom stereocenters. The number of hydrogen-bond donors (Lipinski definition) is 1. The van der Waals surface area contributed by atoms with Gasteiger partial charge in [0, 0.05) is 7.05 Å². The van der Waals surface area contributed by atoms with Crippen molar-refractivity contribution in [2.45, 2.75) is 6.61 Å². The Morgan fingerprint density at radius 3 is 2.95 bits per heavy atom. The van der Waals surface area contributed by atoms with Gasteiger partial charge in [-0.25, -0.2) is 9.97 Å². The molecular weight excluding hydrogens is 268 g/mol. The molecule has 3 aromatic rings. The van der Waals surface area contributed by atoms with Crippen molar-refractivity contribution in [3.63, 3.8) is 0 Å². The Balaban J connectivity index is 1.89. The summed E-state index contributed by atoms with van der Waals surface area (Å²) in [5.41, 5.74) is 7.00. The van der Waals surface area contributed by atoms with Crippen molar-refractivity contribution < 1.29 is 4.74 Å². The lowest BCUT2D eigenvalue weighted by atomic mass is 10.2. The van der Waals surface area contributed by atoms with Gasteiger partial charge in [-0.1, -0.05) is 12.1 Å². The van der Waals surface area contributed by atoms with Crippen LogP contribution in [0.3, 0.4) is 0 Å². The molecule has 0 aliphatic heterocycles. The second kappa shape index (κ2) is 5.09. The minimum absolute atomic E-state index is 0.129. The van der Waals surface area contributed by atoms with E-state index in [4.69, 9.17) is 15.7 Å². The van der Waals surface area contributed by atoms with Crippen molar-refractivity contribution in [1.82, 2.24) is 19.7 Å². The Morgan fingerprint density at radius 2 is 2.14 bits per heavy atom. The average Bonchev–Trinajstić information content (AvgIpc) is 2.87. The smallest absolute Gasteiger partial charge is 0.170 e. The highest BCUT2D eigenvalue weighted by molar-refractivity contribution is 5.84. The number of nitrogens with zero attached hydrogens (tertiary/aromatic N) is 5. The third kappa shape index (κ3) is 2.34. The van der Waals surface area contributed by atoms with Gasteiger partial charge in [0.1, 0.15) is 24.2 Å². The first-order valence-electron chi connectivity index (χ1n) is 6.25. The summed E-state index contributed by atoms with van der Waals surface area (Å²) in [6, 6.07) is 9.07. The molecule has 0 amide bonds. The molecule has 0 atom stereocenters. The van der Waals surface area contributed by atoms with Crippen LogP contribution >= 0.6 is 0 Å². The summed E-state index contributed by atoms with van der Waals surface area (Å²) in [6.07, 6.45) is 1.63. The van der Waals surface area contributed by atoms with E-state index in [0.717, 1.165) is 0 Å². The lowest BCUT2D eigenvalue weighted by Gasteiger charge is -2.07. The van der Waals surface area contributed by atoms with Crippen LogP contribution in [0.25, 0.3) is 11.0 Å². The molecule has 2 heterocycles. The van der Waals surface area contributed by atoms with Gasteiger partial charge in [0.15, 0.2) is 11.5 Å². The quantitative estimate of drug-likeness (QED) is 0.777. The third-order valence-electron chi connectivity index (χ3n) is 3.03. The van der Waals surface area contributed by atoms with Crippen LogP contribution in [0.1, 0.15) is 11.4 Å². The zero-order chi connectivity index (χ0) is 14.8. The van der Waals surface area contributed by atoms with Crippen molar-refractivity contribution in [1.29, 1.82) is 5.26 Å². The molecule has 3 rings (SSSR count). The molecule has 104 valence electrons. The van der Waals surface area contributed by atoms with Gasteiger partial charge >= 0.3 is 0 Å². The topological polar surface area (TPSA) is 103 Å². The maximum Gasteiger partial charge on any atom is 0.170 e. The number of aromatic nitrogens is 4. The van der Waals surface area contributed by atoms with Crippen molar-refractivity contribution in [3.8, 4) is 11.8 Å². The fraction of sp³-hybridized carbons (Fsp3) is 0.143. The lowest BCUT2D eigenvalue weighted by molar-refractivity contribution is 0.295. The van der Waals surface area contributed by atoms with Crippen LogP contribution in [0.15, 0.2) is 30.5 Å². The highest BCUT2D eigenvalue weighted by atomic mass is 16.5. The Labute approximate surface area is 120 Å². The molecule has 1 aromatic carbocycles. The maximum absolute atomic E-state index is 9.02. The number of nitrogens with two attached hydrogens (primary N) is 1. The van der Waals surface area contributed by atoms with E-state index < -0.39 is 0 Å². The predicted octanol–water partition coefficient (Wildman–Crippen LogP) is 1.40. The zero-order valence-electron chi connectivity index (χ0n) is 11.3. The van der Waals surface area contributed by atoms with Gasteiger partial charge in [-0.15, -0.1) is 0 Å². The summed E-state index contributed by atoms with van der Waals surface area (Å²) in [5, 5.41) is 13.8. The largest absolute Gasteiger partial charge is 0.484 e. The van der Waals surface area contributed by atoms with Crippen molar-refractivity contribution >= 4 is 16.9 Å². The van der Waals surface area contributed by atoms with Gasteiger partial charge in [0.25, 0.3) is 0 Å². The molecule has 0 saturated carbocycles. The second-order valence-electron chi connectivity index (χ2n) is 4.43. The fourth-order valence-corrected chi connectivity index (χ4v) is 1.98. The SMILES string of the molecule is Cn1ncc2c(N)nc(COc3ccccc3C#N)nc21. The molecule has 0 fully saturated rings. The Kier molecular flexibility index (Phi) is 3.12. The summed E-state index contributed by atoms with van der Waals surface area (Å²) in [4.78, 5) is 8.56. The number of aryl methyl sites for hydroxylation is 1. The van der Waals surface area contributed by atoms with Crippen LogP contribution in [0.4, 0.5) is 5.82 Å². The molecule has 21 heavy (non-hydrogen) atoms. The number of hydrogen-bond acceptors (Lipinski definition) is 6. The third-order valence-corrected chi connectivity index (χ3v) is 3.03. The van der Waals surface area contributed by atoms with Crippen molar-refractivity contribution in [2.75, 3.05) is 5.73 Å². The summed E-state index contributed by atoms with van der Waals surface area (Å²) < 4.78 is 7.23. The molecule has 0 aliphatic rings. The van der Waals surface area contributed by atoms with E-state index in [1.807, 2.05) is 0 Å². The average molecular weight is 280 g/mol. The summed E-state index contributed by atoms with van der Waals surface area (Å²) in [5.74, 6) is 1.30. The Hall–Kier alpha value is -3.14. The molecular formula is C14H12N6O. The molecule has 2 aromatic heterocycles. The van der Waals surface area contributed by atoms with E-state index in [1.54, 1.807) is 42.2 Å². The van der Waals surface area contributed by atoms with Gasteiger partial charge in [-0.2, -0.15) is 10.4 Å². The van der Waals surface area contributed by atoms with Crippen LogP contribution in [0.5, 0.6) is 5.75 Å². The highest BCUT2D eigenvalue weighted by Crippen LogP contribution is 2.20. The number of benzene rings is 1. The Bertz CT molecular complexity index is 848. The number of fused-ring (bicyclic) bond motifs is 1. The van der Waals surface area contributed by atoms with Crippen LogP contribution in [-0.2, 0) is 13.7 Å². The van der Waals surface area contributed by atoms with E-state index in [1.165, 1.54) is 0 Å². The van der Waals surface area contributed by atoms with Gasteiger partial charge < -0.3 is 10.5 Å². The van der Waals surface area contributed by atoms with E-state index >= 15 is 0 Å². The fourth-order valence-electron chi connectivity index (χ4n) is 1.98.